The molecule has 0 fully saturated rings. The van der Waals surface area contributed by atoms with Crippen LogP contribution >= 0.6 is 0 Å². The average molecular weight is 354 g/mol. The van der Waals surface area contributed by atoms with Crippen molar-refractivity contribution in [2.24, 2.45) is 7.05 Å². The molecule has 3 rings (SSSR count). The molecule has 0 spiro atoms. The molecule has 0 atom stereocenters. The number of imidazole rings is 1. The summed E-state index contributed by atoms with van der Waals surface area (Å²) in [6.45, 7) is 9.24. The molecule has 0 saturated carbocycles. The van der Waals surface area contributed by atoms with Crippen molar-refractivity contribution in [2.75, 3.05) is 11.9 Å². The van der Waals surface area contributed by atoms with E-state index in [1.807, 2.05) is 42.9 Å². The quantitative estimate of drug-likeness (QED) is 0.713. The predicted molar refractivity (Wildman–Crippen MR) is 103 cm³/mol. The van der Waals surface area contributed by atoms with Crippen LogP contribution < -0.4 is 5.32 Å². The summed E-state index contributed by atoms with van der Waals surface area (Å²) >= 11 is 0. The molecular weight excluding hydrogens is 328 g/mol. The lowest BCUT2D eigenvalue weighted by Gasteiger charge is -2.25. The Balaban J connectivity index is 1.70. The molecule has 0 unspecified atom stereocenters. The summed E-state index contributed by atoms with van der Waals surface area (Å²) < 4.78 is 1.89. The van der Waals surface area contributed by atoms with Crippen LogP contribution in [0, 0.1) is 13.8 Å². The van der Waals surface area contributed by atoms with Crippen LogP contribution in [0.3, 0.4) is 0 Å². The Kier molecular flexibility index (Phi) is 5.08. The smallest absolute Gasteiger partial charge is 0.240 e. The van der Waals surface area contributed by atoms with E-state index in [4.69, 9.17) is 0 Å². The molecule has 1 amide bonds. The summed E-state index contributed by atoms with van der Waals surface area (Å²) in [6.07, 6.45) is 0. The van der Waals surface area contributed by atoms with Gasteiger partial charge in [-0.1, -0.05) is 12.1 Å². The number of carbonyl (C=O) groups is 1. The number of nitrogens with one attached hydrogen (secondary N) is 2. The third-order valence-electron chi connectivity index (χ3n) is 4.74. The fraction of sp³-hybridized carbons (Fsp3) is 0.421. The molecule has 0 radical (unpaired) electrons. The highest BCUT2D eigenvalue weighted by Crippen LogP contribution is 2.17. The van der Waals surface area contributed by atoms with E-state index in [1.54, 1.807) is 0 Å². The molecule has 7 heteroatoms. The largest absolute Gasteiger partial charge is 0.324 e. The summed E-state index contributed by atoms with van der Waals surface area (Å²) in [7, 11) is 1.94. The fourth-order valence-electron chi connectivity index (χ4n) is 3.04. The van der Waals surface area contributed by atoms with Crippen LogP contribution in [-0.4, -0.2) is 43.1 Å². The first-order valence-electron chi connectivity index (χ1n) is 8.83. The Morgan fingerprint density at radius 2 is 2.04 bits per heavy atom. The normalized spacial score (nSPS) is 11.7. The molecule has 1 aromatic carbocycles. The highest BCUT2D eigenvalue weighted by molar-refractivity contribution is 5.92. The fourth-order valence-corrected chi connectivity index (χ4v) is 3.04. The Morgan fingerprint density at radius 3 is 2.65 bits per heavy atom. The van der Waals surface area contributed by atoms with Gasteiger partial charge in [0.1, 0.15) is 0 Å². The molecule has 2 heterocycles. The zero-order chi connectivity index (χ0) is 18.8. The molecule has 26 heavy (non-hydrogen) atoms. The predicted octanol–water partition coefficient (Wildman–Crippen LogP) is 2.76. The molecule has 0 aliphatic heterocycles. The lowest BCUT2D eigenvalue weighted by atomic mass is 10.1. The van der Waals surface area contributed by atoms with Crippen molar-refractivity contribution in [1.82, 2.24) is 24.6 Å². The van der Waals surface area contributed by atoms with Gasteiger partial charge < -0.3 is 4.98 Å². The highest BCUT2D eigenvalue weighted by atomic mass is 16.2. The number of nitrogens with zero attached hydrogens (tertiary/aromatic N) is 4. The van der Waals surface area contributed by atoms with Gasteiger partial charge in [0.25, 0.3) is 0 Å². The van der Waals surface area contributed by atoms with Crippen molar-refractivity contribution in [3.8, 4) is 0 Å². The number of para-hydroxylation sites is 2. The van der Waals surface area contributed by atoms with E-state index in [2.05, 4.69) is 46.1 Å². The lowest BCUT2D eigenvalue weighted by molar-refractivity contribution is -0.117. The molecular formula is C19H26N6O. The topological polar surface area (TPSA) is 78.8 Å². The molecule has 3 aromatic rings. The van der Waals surface area contributed by atoms with Crippen molar-refractivity contribution in [1.29, 1.82) is 0 Å². The number of aromatic amines is 1. The molecule has 7 nitrogen and oxygen atoms in total. The molecule has 0 aliphatic carbocycles. The Labute approximate surface area is 153 Å². The Morgan fingerprint density at radius 1 is 1.31 bits per heavy atom. The lowest BCUT2D eigenvalue weighted by Crippen LogP contribution is -2.38. The summed E-state index contributed by atoms with van der Waals surface area (Å²) in [5.74, 6) is 0.394. The van der Waals surface area contributed by atoms with Gasteiger partial charge in [-0.3, -0.25) is 19.7 Å². The van der Waals surface area contributed by atoms with Crippen LogP contribution in [0.1, 0.15) is 30.8 Å². The number of hydrogen-bond acceptors (Lipinski definition) is 4. The Bertz CT molecular complexity index is 890. The first-order chi connectivity index (χ1) is 12.3. The van der Waals surface area contributed by atoms with Crippen LogP contribution in [0.4, 0.5) is 5.95 Å². The number of anilines is 1. The highest BCUT2D eigenvalue weighted by Gasteiger charge is 2.19. The second kappa shape index (κ2) is 7.29. The van der Waals surface area contributed by atoms with Gasteiger partial charge in [-0.05, 0) is 39.8 Å². The number of rotatable bonds is 6. The van der Waals surface area contributed by atoms with Gasteiger partial charge in [-0.2, -0.15) is 5.10 Å². The third kappa shape index (κ3) is 3.77. The van der Waals surface area contributed by atoms with Crippen molar-refractivity contribution in [3.05, 3.63) is 41.2 Å². The van der Waals surface area contributed by atoms with E-state index in [1.165, 1.54) is 5.56 Å². The number of H-pyrrole nitrogens is 1. The van der Waals surface area contributed by atoms with Gasteiger partial charge in [-0.25, -0.2) is 4.98 Å². The molecule has 0 saturated heterocycles. The van der Waals surface area contributed by atoms with Crippen LogP contribution in [0.2, 0.25) is 0 Å². The van der Waals surface area contributed by atoms with E-state index in [0.717, 1.165) is 22.4 Å². The second-order valence-corrected chi connectivity index (χ2v) is 6.92. The molecule has 2 aromatic heterocycles. The summed E-state index contributed by atoms with van der Waals surface area (Å²) in [4.78, 5) is 22.2. The number of fused-ring (bicyclic) bond motifs is 1. The molecule has 0 bridgehead atoms. The minimum absolute atomic E-state index is 0.0862. The van der Waals surface area contributed by atoms with E-state index < -0.39 is 0 Å². The van der Waals surface area contributed by atoms with Crippen LogP contribution in [0.5, 0.6) is 0 Å². The molecule has 0 aliphatic rings. The van der Waals surface area contributed by atoms with E-state index in [-0.39, 0.29) is 11.9 Å². The first-order valence-corrected chi connectivity index (χ1v) is 8.83. The second-order valence-electron chi connectivity index (χ2n) is 6.92. The maximum atomic E-state index is 12.5. The van der Waals surface area contributed by atoms with Crippen molar-refractivity contribution < 1.29 is 4.79 Å². The maximum absolute atomic E-state index is 12.5. The van der Waals surface area contributed by atoms with Crippen LogP contribution in [-0.2, 0) is 18.4 Å². The van der Waals surface area contributed by atoms with Gasteiger partial charge >= 0.3 is 0 Å². The van der Waals surface area contributed by atoms with Crippen molar-refractivity contribution >= 4 is 22.9 Å². The standard InChI is InChI=1S/C19H26N6O/c1-12(2)25(10-15-13(3)23-24(5)14(15)4)11-18(26)22-19-20-16-8-6-7-9-17(16)21-19/h6-9,12H,10-11H2,1-5H3,(H2,20,21,22,26). The minimum Gasteiger partial charge on any atom is -0.324 e. The zero-order valence-electron chi connectivity index (χ0n) is 16.0. The van der Waals surface area contributed by atoms with E-state index in [9.17, 15) is 4.79 Å². The maximum Gasteiger partial charge on any atom is 0.240 e. The first kappa shape index (κ1) is 18.1. The van der Waals surface area contributed by atoms with Crippen molar-refractivity contribution in [2.45, 2.75) is 40.3 Å². The number of hydrogen-bond donors (Lipinski definition) is 2. The van der Waals surface area contributed by atoms with Crippen molar-refractivity contribution in [3.63, 3.8) is 0 Å². The summed E-state index contributed by atoms with van der Waals surface area (Å²) in [5.41, 5.74) is 5.06. The van der Waals surface area contributed by atoms with Crippen LogP contribution in [0.15, 0.2) is 24.3 Å². The number of carbonyl (C=O) groups excluding carboxylic acids is 1. The SMILES string of the molecule is Cc1nn(C)c(C)c1CN(CC(=O)Nc1nc2ccccc2[nH]1)C(C)C. The van der Waals surface area contributed by atoms with Gasteiger partial charge in [-0.15, -0.1) is 0 Å². The molecule has 138 valence electrons. The van der Waals surface area contributed by atoms with Gasteiger partial charge in [0, 0.05) is 30.9 Å². The van der Waals surface area contributed by atoms with Crippen LogP contribution in [0.25, 0.3) is 11.0 Å². The average Bonchev–Trinajstić information content (AvgIpc) is 3.08. The third-order valence-corrected chi connectivity index (χ3v) is 4.74. The molecule has 2 N–H and O–H groups in total. The number of aryl methyl sites for hydroxylation is 2. The zero-order valence-corrected chi connectivity index (χ0v) is 16.0. The number of benzene rings is 1. The Hall–Kier alpha value is -2.67. The summed E-state index contributed by atoms with van der Waals surface area (Å²) in [6, 6.07) is 7.94. The van der Waals surface area contributed by atoms with E-state index in [0.29, 0.717) is 19.0 Å². The summed E-state index contributed by atoms with van der Waals surface area (Å²) in [5, 5.41) is 7.34. The van der Waals surface area contributed by atoms with Gasteiger partial charge in [0.2, 0.25) is 11.9 Å². The van der Waals surface area contributed by atoms with Gasteiger partial charge in [0.15, 0.2) is 0 Å². The minimum atomic E-state index is -0.0862. The van der Waals surface area contributed by atoms with E-state index >= 15 is 0 Å². The monoisotopic (exact) mass is 354 g/mol. The number of amides is 1. The van der Waals surface area contributed by atoms with Gasteiger partial charge in [0.05, 0.1) is 23.3 Å². The number of aromatic nitrogens is 4.